The largest absolute Gasteiger partial charge is 0.417 e. The van der Waals surface area contributed by atoms with Gasteiger partial charge >= 0.3 is 6.18 Å². The molecule has 1 aliphatic rings. The number of anilines is 1. The molecule has 0 radical (unpaired) electrons. The van der Waals surface area contributed by atoms with Gasteiger partial charge in [-0.25, -0.2) is 0 Å². The van der Waals surface area contributed by atoms with E-state index in [2.05, 4.69) is 0 Å². The van der Waals surface area contributed by atoms with Crippen molar-refractivity contribution in [1.82, 2.24) is 0 Å². The monoisotopic (exact) mass is 284 g/mol. The fraction of sp³-hybridized carbons (Fsp3) is 0.500. The van der Waals surface area contributed by atoms with E-state index in [-0.39, 0.29) is 17.8 Å². The second-order valence-electron chi connectivity index (χ2n) is 5.00. The van der Waals surface area contributed by atoms with Gasteiger partial charge in [-0.15, -0.1) is 0 Å². The third-order valence-corrected chi connectivity index (χ3v) is 3.21. The summed E-state index contributed by atoms with van der Waals surface area (Å²) < 4.78 is 43.8. The molecule has 0 bridgehead atoms. The van der Waals surface area contributed by atoms with E-state index in [1.807, 2.05) is 18.7 Å². The summed E-state index contributed by atoms with van der Waals surface area (Å²) in [5.41, 5.74) is -0.614. The molecular formula is C14H15F3N2O. The Morgan fingerprint density at radius 2 is 1.85 bits per heavy atom. The second-order valence-corrected chi connectivity index (χ2v) is 5.00. The maximum absolute atomic E-state index is 12.7. The van der Waals surface area contributed by atoms with Crippen molar-refractivity contribution in [3.8, 4) is 6.07 Å². The van der Waals surface area contributed by atoms with E-state index in [1.165, 1.54) is 12.1 Å². The molecule has 1 fully saturated rings. The number of halogens is 3. The topological polar surface area (TPSA) is 36.3 Å². The lowest BCUT2D eigenvalue weighted by molar-refractivity contribution is -0.137. The Bertz CT molecular complexity index is 526. The minimum absolute atomic E-state index is 0.00609. The molecule has 0 spiro atoms. The first kappa shape index (κ1) is 14.7. The first-order valence-electron chi connectivity index (χ1n) is 6.33. The van der Waals surface area contributed by atoms with Crippen LogP contribution in [0.15, 0.2) is 18.2 Å². The van der Waals surface area contributed by atoms with Crippen LogP contribution in [0.4, 0.5) is 18.9 Å². The average molecular weight is 284 g/mol. The maximum atomic E-state index is 12.7. The number of nitrogens with zero attached hydrogens (tertiary/aromatic N) is 2. The van der Waals surface area contributed by atoms with E-state index >= 15 is 0 Å². The average Bonchev–Trinajstić information content (AvgIpc) is 2.35. The van der Waals surface area contributed by atoms with E-state index < -0.39 is 11.7 Å². The van der Waals surface area contributed by atoms with Crippen LogP contribution in [0.1, 0.15) is 25.0 Å². The van der Waals surface area contributed by atoms with Gasteiger partial charge in [0, 0.05) is 18.8 Å². The highest BCUT2D eigenvalue weighted by atomic mass is 19.4. The molecule has 108 valence electrons. The predicted molar refractivity (Wildman–Crippen MR) is 68.4 cm³/mol. The molecule has 1 aliphatic heterocycles. The lowest BCUT2D eigenvalue weighted by Gasteiger charge is -2.37. The molecule has 1 heterocycles. The molecule has 20 heavy (non-hydrogen) atoms. The molecule has 3 nitrogen and oxygen atoms in total. The fourth-order valence-electron chi connectivity index (χ4n) is 2.46. The van der Waals surface area contributed by atoms with Crippen molar-refractivity contribution in [3.63, 3.8) is 0 Å². The van der Waals surface area contributed by atoms with Crippen LogP contribution in [0, 0.1) is 11.3 Å². The molecule has 6 heteroatoms. The SMILES string of the molecule is CC1CN(c2ccc(C(F)(F)F)c(C#N)c2)CC(C)O1. The zero-order valence-corrected chi connectivity index (χ0v) is 11.2. The van der Waals surface area contributed by atoms with Crippen molar-refractivity contribution >= 4 is 5.69 Å². The van der Waals surface area contributed by atoms with Gasteiger partial charge in [0.2, 0.25) is 0 Å². The first-order valence-corrected chi connectivity index (χ1v) is 6.33. The summed E-state index contributed by atoms with van der Waals surface area (Å²) in [5, 5.41) is 8.92. The van der Waals surface area contributed by atoms with Gasteiger partial charge in [-0.05, 0) is 32.0 Å². The summed E-state index contributed by atoms with van der Waals surface area (Å²) in [4.78, 5) is 1.94. The van der Waals surface area contributed by atoms with Crippen LogP contribution >= 0.6 is 0 Å². The van der Waals surface area contributed by atoms with E-state index in [0.717, 1.165) is 6.07 Å². The number of hydrogen-bond acceptors (Lipinski definition) is 3. The minimum Gasteiger partial charge on any atom is -0.372 e. The molecule has 1 aromatic carbocycles. The summed E-state index contributed by atoms with van der Waals surface area (Å²) >= 11 is 0. The Hall–Kier alpha value is -1.74. The van der Waals surface area contributed by atoms with E-state index in [4.69, 9.17) is 10.00 Å². The number of rotatable bonds is 1. The maximum Gasteiger partial charge on any atom is 0.417 e. The van der Waals surface area contributed by atoms with Gasteiger partial charge in [-0.2, -0.15) is 18.4 Å². The van der Waals surface area contributed by atoms with Gasteiger partial charge in [0.05, 0.1) is 29.4 Å². The van der Waals surface area contributed by atoms with Crippen LogP contribution < -0.4 is 4.90 Å². The van der Waals surface area contributed by atoms with Gasteiger partial charge in [0.1, 0.15) is 0 Å². The predicted octanol–water partition coefficient (Wildman–Crippen LogP) is 3.19. The van der Waals surface area contributed by atoms with Crippen LogP contribution in [-0.4, -0.2) is 25.3 Å². The molecule has 1 saturated heterocycles. The van der Waals surface area contributed by atoms with Gasteiger partial charge in [-0.1, -0.05) is 0 Å². The summed E-state index contributed by atoms with van der Waals surface area (Å²) in [6.45, 7) is 5.02. The molecule has 0 saturated carbocycles. The number of morpholine rings is 1. The van der Waals surface area contributed by atoms with Crippen molar-refractivity contribution in [1.29, 1.82) is 5.26 Å². The highest BCUT2D eigenvalue weighted by molar-refractivity contribution is 5.55. The Balaban J connectivity index is 2.33. The van der Waals surface area contributed by atoms with Crippen LogP contribution in [0.5, 0.6) is 0 Å². The van der Waals surface area contributed by atoms with Crippen LogP contribution in [-0.2, 0) is 10.9 Å². The lowest BCUT2D eigenvalue weighted by atomic mass is 10.1. The Kier molecular flexibility index (Phi) is 3.91. The standard InChI is InChI=1S/C14H15F3N2O/c1-9-7-19(8-10(2)20-9)12-3-4-13(14(15,16)17)11(5-12)6-18/h3-5,9-10H,7-8H2,1-2H3. The summed E-state index contributed by atoms with van der Waals surface area (Å²) in [7, 11) is 0. The lowest BCUT2D eigenvalue weighted by Crippen LogP contribution is -2.45. The zero-order chi connectivity index (χ0) is 14.9. The van der Waals surface area contributed by atoms with Gasteiger partial charge in [0.25, 0.3) is 0 Å². The van der Waals surface area contributed by atoms with Crippen molar-refractivity contribution in [2.45, 2.75) is 32.2 Å². The Labute approximate surface area is 115 Å². The van der Waals surface area contributed by atoms with Gasteiger partial charge in [-0.3, -0.25) is 0 Å². The molecular weight excluding hydrogens is 269 g/mol. The minimum atomic E-state index is -4.50. The van der Waals surface area contributed by atoms with Crippen LogP contribution in [0.25, 0.3) is 0 Å². The number of ether oxygens (including phenoxy) is 1. The molecule has 2 rings (SSSR count). The molecule has 2 atom stereocenters. The van der Waals surface area contributed by atoms with Crippen LogP contribution in [0.3, 0.4) is 0 Å². The number of alkyl halides is 3. The van der Waals surface area contributed by atoms with Crippen LogP contribution in [0.2, 0.25) is 0 Å². The highest BCUT2D eigenvalue weighted by Gasteiger charge is 2.34. The third kappa shape index (κ3) is 3.05. The molecule has 1 aromatic rings. The Morgan fingerprint density at radius 1 is 1.25 bits per heavy atom. The first-order chi connectivity index (χ1) is 9.31. The van der Waals surface area contributed by atoms with Crippen molar-refractivity contribution in [3.05, 3.63) is 29.3 Å². The van der Waals surface area contributed by atoms with Crippen molar-refractivity contribution in [2.24, 2.45) is 0 Å². The number of hydrogen-bond donors (Lipinski definition) is 0. The van der Waals surface area contributed by atoms with E-state index in [1.54, 1.807) is 6.07 Å². The van der Waals surface area contributed by atoms with Gasteiger partial charge in [0.15, 0.2) is 0 Å². The number of benzene rings is 1. The molecule has 0 aromatic heterocycles. The highest BCUT2D eigenvalue weighted by Crippen LogP contribution is 2.34. The smallest absolute Gasteiger partial charge is 0.372 e. The van der Waals surface area contributed by atoms with Gasteiger partial charge < -0.3 is 9.64 Å². The molecule has 0 aliphatic carbocycles. The molecule has 0 N–H and O–H groups in total. The molecule has 2 unspecified atom stereocenters. The normalized spacial score (nSPS) is 23.5. The molecule has 0 amide bonds. The number of nitriles is 1. The summed E-state index contributed by atoms with van der Waals surface area (Å²) in [6.07, 6.45) is -4.49. The second kappa shape index (κ2) is 5.33. The van der Waals surface area contributed by atoms with Crippen molar-refractivity contribution in [2.75, 3.05) is 18.0 Å². The van der Waals surface area contributed by atoms with E-state index in [0.29, 0.717) is 18.8 Å². The summed E-state index contributed by atoms with van der Waals surface area (Å²) in [5.74, 6) is 0. The third-order valence-electron chi connectivity index (χ3n) is 3.21. The zero-order valence-electron chi connectivity index (χ0n) is 11.2. The Morgan fingerprint density at radius 3 is 2.35 bits per heavy atom. The van der Waals surface area contributed by atoms with E-state index in [9.17, 15) is 13.2 Å². The van der Waals surface area contributed by atoms with Crippen molar-refractivity contribution < 1.29 is 17.9 Å². The quantitative estimate of drug-likeness (QED) is 0.794. The fourth-order valence-corrected chi connectivity index (χ4v) is 2.46. The summed E-state index contributed by atoms with van der Waals surface area (Å²) in [6, 6.07) is 5.31.